The Bertz CT molecular complexity index is 259. The number of rotatable bonds is 6. The normalized spacial score (nSPS) is 22.9. The largest absolute Gasteiger partial charge is 0.313 e. The number of piperazine rings is 1. The second kappa shape index (κ2) is 6.45. The van der Waals surface area contributed by atoms with E-state index in [0.717, 1.165) is 38.8 Å². The van der Waals surface area contributed by atoms with Gasteiger partial charge in [0.2, 0.25) is 0 Å². The summed E-state index contributed by atoms with van der Waals surface area (Å²) < 4.78 is 23.7. The lowest BCUT2D eigenvalue weighted by molar-refractivity contribution is 0.473. The highest BCUT2D eigenvalue weighted by atomic mass is 32.2. The number of unbranched alkanes of at least 4 members (excludes halogenated alkanes) is 3. The van der Waals surface area contributed by atoms with Gasteiger partial charge in [0.1, 0.15) is 5.37 Å². The molecule has 1 aliphatic heterocycles. The summed E-state index contributed by atoms with van der Waals surface area (Å²) in [6, 6.07) is 0. The van der Waals surface area contributed by atoms with Crippen molar-refractivity contribution in [1.29, 1.82) is 0 Å². The maximum Gasteiger partial charge on any atom is 0.167 e. The Balaban J connectivity index is 2.30. The topological polar surface area (TPSA) is 58.2 Å². The van der Waals surface area contributed by atoms with Gasteiger partial charge >= 0.3 is 0 Å². The highest BCUT2D eigenvalue weighted by molar-refractivity contribution is 7.92. The molecule has 15 heavy (non-hydrogen) atoms. The molecule has 1 atom stereocenters. The molecule has 1 fully saturated rings. The lowest BCUT2D eigenvalue weighted by atomic mass is 10.2. The first-order chi connectivity index (χ1) is 7.17. The molecule has 1 heterocycles. The molecule has 1 aliphatic rings. The summed E-state index contributed by atoms with van der Waals surface area (Å²) >= 11 is 0. The van der Waals surface area contributed by atoms with E-state index in [1.165, 1.54) is 0 Å². The highest BCUT2D eigenvalue weighted by Gasteiger charge is 2.25. The van der Waals surface area contributed by atoms with Gasteiger partial charge in [0.15, 0.2) is 9.84 Å². The Morgan fingerprint density at radius 1 is 1.20 bits per heavy atom. The van der Waals surface area contributed by atoms with Crippen LogP contribution in [0.25, 0.3) is 0 Å². The predicted octanol–water partition coefficient (Wildman–Crippen LogP) is 0.500. The van der Waals surface area contributed by atoms with Crippen molar-refractivity contribution in [3.63, 3.8) is 0 Å². The third-order valence-corrected chi connectivity index (χ3v) is 4.78. The summed E-state index contributed by atoms with van der Waals surface area (Å²) in [7, 11) is -2.94. The Morgan fingerprint density at radius 2 is 2.00 bits per heavy atom. The summed E-state index contributed by atoms with van der Waals surface area (Å²) in [5.41, 5.74) is 0. The second-order valence-electron chi connectivity index (χ2n) is 4.07. The minimum atomic E-state index is -2.94. The maximum absolute atomic E-state index is 11.8. The molecule has 0 bridgehead atoms. The van der Waals surface area contributed by atoms with Gasteiger partial charge in [-0.1, -0.05) is 26.2 Å². The fourth-order valence-corrected chi connectivity index (χ4v) is 3.39. The Hall–Kier alpha value is -0.130. The van der Waals surface area contributed by atoms with Crippen molar-refractivity contribution in [3.05, 3.63) is 0 Å². The zero-order valence-electron chi connectivity index (χ0n) is 9.46. The Labute approximate surface area is 92.7 Å². The van der Waals surface area contributed by atoms with Crippen LogP contribution in [-0.2, 0) is 9.84 Å². The molecule has 5 heteroatoms. The molecule has 0 aliphatic carbocycles. The first-order valence-electron chi connectivity index (χ1n) is 5.82. The van der Waals surface area contributed by atoms with Crippen molar-refractivity contribution < 1.29 is 8.42 Å². The second-order valence-corrected chi connectivity index (χ2v) is 6.38. The van der Waals surface area contributed by atoms with Crippen LogP contribution in [0.15, 0.2) is 0 Å². The van der Waals surface area contributed by atoms with Gasteiger partial charge in [0, 0.05) is 19.6 Å². The van der Waals surface area contributed by atoms with Crippen molar-refractivity contribution in [2.45, 2.75) is 38.0 Å². The van der Waals surface area contributed by atoms with Crippen LogP contribution in [0.5, 0.6) is 0 Å². The van der Waals surface area contributed by atoms with Crippen molar-refractivity contribution >= 4 is 9.84 Å². The van der Waals surface area contributed by atoms with Gasteiger partial charge < -0.3 is 5.32 Å². The first-order valence-corrected chi connectivity index (χ1v) is 7.54. The molecule has 0 radical (unpaired) electrons. The van der Waals surface area contributed by atoms with Crippen molar-refractivity contribution in [3.8, 4) is 0 Å². The van der Waals surface area contributed by atoms with E-state index < -0.39 is 9.84 Å². The van der Waals surface area contributed by atoms with E-state index in [0.29, 0.717) is 12.3 Å². The van der Waals surface area contributed by atoms with Gasteiger partial charge in [-0.2, -0.15) is 0 Å². The third-order valence-electron chi connectivity index (χ3n) is 2.72. The van der Waals surface area contributed by atoms with E-state index in [1.54, 1.807) is 0 Å². The molecule has 0 spiro atoms. The van der Waals surface area contributed by atoms with Crippen LogP contribution in [0, 0.1) is 0 Å². The molecule has 2 N–H and O–H groups in total. The van der Waals surface area contributed by atoms with E-state index in [1.807, 2.05) is 0 Å². The molecule has 1 rings (SSSR count). The lowest BCUT2D eigenvalue weighted by Crippen LogP contribution is -2.52. The van der Waals surface area contributed by atoms with Crippen LogP contribution in [0.1, 0.15) is 32.6 Å². The standard InChI is InChI=1S/C10H22N2O2S/c1-2-3-4-5-8-15(13,14)10-9-11-6-7-12-10/h10-12H,2-9H2,1H3. The third kappa shape index (κ3) is 4.49. The van der Waals surface area contributed by atoms with E-state index in [2.05, 4.69) is 17.6 Å². The molecule has 1 unspecified atom stereocenters. The molecule has 0 saturated carbocycles. The highest BCUT2D eigenvalue weighted by Crippen LogP contribution is 2.07. The van der Waals surface area contributed by atoms with Crippen LogP contribution in [-0.4, -0.2) is 39.2 Å². The Kier molecular flexibility index (Phi) is 5.56. The summed E-state index contributed by atoms with van der Waals surface area (Å²) in [4.78, 5) is 0. The monoisotopic (exact) mass is 234 g/mol. The predicted molar refractivity (Wildman–Crippen MR) is 62.6 cm³/mol. The lowest BCUT2D eigenvalue weighted by Gasteiger charge is -2.24. The minimum absolute atomic E-state index is 0.326. The SMILES string of the molecule is CCCCCCS(=O)(=O)C1CNCCN1. The van der Waals surface area contributed by atoms with Gasteiger partial charge in [-0.05, 0) is 6.42 Å². The van der Waals surface area contributed by atoms with Gasteiger partial charge in [0.25, 0.3) is 0 Å². The maximum atomic E-state index is 11.8. The molecule has 0 aromatic heterocycles. The summed E-state index contributed by atoms with van der Waals surface area (Å²) in [5.74, 6) is 0.326. The van der Waals surface area contributed by atoms with E-state index in [4.69, 9.17) is 0 Å². The Morgan fingerprint density at radius 3 is 2.60 bits per heavy atom. The molecule has 4 nitrogen and oxygen atoms in total. The summed E-state index contributed by atoms with van der Waals surface area (Å²) in [6.07, 6.45) is 4.10. The van der Waals surface area contributed by atoms with E-state index >= 15 is 0 Å². The van der Waals surface area contributed by atoms with Gasteiger partial charge in [-0.3, -0.25) is 5.32 Å². The van der Waals surface area contributed by atoms with Crippen LogP contribution in [0.4, 0.5) is 0 Å². The zero-order chi connectivity index (χ0) is 11.1. The van der Waals surface area contributed by atoms with Gasteiger partial charge in [-0.15, -0.1) is 0 Å². The quantitative estimate of drug-likeness (QED) is 0.657. The smallest absolute Gasteiger partial charge is 0.167 e. The average Bonchev–Trinajstić information content (AvgIpc) is 2.26. The number of hydrogen-bond donors (Lipinski definition) is 2. The van der Waals surface area contributed by atoms with Crippen LogP contribution in [0.3, 0.4) is 0 Å². The van der Waals surface area contributed by atoms with E-state index in [9.17, 15) is 8.42 Å². The zero-order valence-corrected chi connectivity index (χ0v) is 10.3. The van der Waals surface area contributed by atoms with Gasteiger partial charge in [-0.25, -0.2) is 8.42 Å². The molecule has 1 saturated heterocycles. The van der Waals surface area contributed by atoms with Crippen molar-refractivity contribution in [2.24, 2.45) is 0 Å². The summed E-state index contributed by atoms with van der Waals surface area (Å²) in [5, 5.41) is 5.78. The van der Waals surface area contributed by atoms with Crippen LogP contribution in [0.2, 0.25) is 0 Å². The molecule has 0 amide bonds. The fraction of sp³-hybridized carbons (Fsp3) is 1.00. The summed E-state index contributed by atoms with van der Waals surface area (Å²) in [6.45, 7) is 4.29. The number of hydrogen-bond acceptors (Lipinski definition) is 4. The van der Waals surface area contributed by atoms with Crippen molar-refractivity contribution in [2.75, 3.05) is 25.4 Å². The first kappa shape index (κ1) is 12.9. The van der Waals surface area contributed by atoms with Crippen LogP contribution < -0.4 is 10.6 Å². The molecular weight excluding hydrogens is 212 g/mol. The molecular formula is C10H22N2O2S. The number of sulfone groups is 1. The van der Waals surface area contributed by atoms with E-state index in [-0.39, 0.29) is 5.37 Å². The average molecular weight is 234 g/mol. The molecule has 0 aromatic rings. The van der Waals surface area contributed by atoms with Gasteiger partial charge in [0.05, 0.1) is 5.75 Å². The van der Waals surface area contributed by atoms with Crippen LogP contribution >= 0.6 is 0 Å². The molecule has 0 aromatic carbocycles. The minimum Gasteiger partial charge on any atom is -0.313 e. The number of nitrogens with one attached hydrogen (secondary N) is 2. The fourth-order valence-electron chi connectivity index (χ4n) is 1.75. The van der Waals surface area contributed by atoms with Crippen molar-refractivity contribution in [1.82, 2.24) is 10.6 Å². The molecule has 90 valence electrons.